The van der Waals surface area contributed by atoms with Crippen molar-refractivity contribution in [2.45, 2.75) is 24.9 Å². The van der Waals surface area contributed by atoms with Gasteiger partial charge in [0, 0.05) is 6.04 Å². The Kier molecular flexibility index (Phi) is 3.52. The Morgan fingerprint density at radius 2 is 1.55 bits per heavy atom. The molecule has 0 aliphatic heterocycles. The van der Waals surface area contributed by atoms with Crippen molar-refractivity contribution in [3.63, 3.8) is 0 Å². The van der Waals surface area contributed by atoms with E-state index in [1.807, 2.05) is 30.3 Å². The highest BCUT2D eigenvalue weighted by molar-refractivity contribution is 5.81. The first-order valence-electron chi connectivity index (χ1n) is 6.91. The van der Waals surface area contributed by atoms with Crippen LogP contribution in [0.4, 0.5) is 0 Å². The number of hydrogen-bond acceptors (Lipinski definition) is 2. The van der Waals surface area contributed by atoms with Gasteiger partial charge in [0.15, 0.2) is 0 Å². The summed E-state index contributed by atoms with van der Waals surface area (Å²) in [6.45, 7) is 0. The molecule has 3 rings (SSSR count). The minimum atomic E-state index is -0.421. The molecule has 0 heterocycles. The first-order chi connectivity index (χ1) is 9.74. The van der Waals surface area contributed by atoms with Gasteiger partial charge in [0.1, 0.15) is 6.04 Å². The normalized spacial score (nSPS) is 15.8. The summed E-state index contributed by atoms with van der Waals surface area (Å²) in [5.74, 6) is -0.327. The predicted octanol–water partition coefficient (Wildman–Crippen LogP) is 1.97. The molecule has 1 atom stereocenters. The van der Waals surface area contributed by atoms with Gasteiger partial charge in [-0.3, -0.25) is 10.1 Å². The van der Waals surface area contributed by atoms with E-state index in [2.05, 4.69) is 29.6 Å². The Labute approximate surface area is 118 Å². The lowest BCUT2D eigenvalue weighted by atomic mass is 10.0. The van der Waals surface area contributed by atoms with Gasteiger partial charge in [-0.25, -0.2) is 0 Å². The van der Waals surface area contributed by atoms with Crippen molar-refractivity contribution in [2.24, 2.45) is 5.73 Å². The molecule has 1 amide bonds. The van der Waals surface area contributed by atoms with Crippen molar-refractivity contribution in [1.82, 2.24) is 5.32 Å². The first kappa shape index (κ1) is 12.9. The maximum atomic E-state index is 11.7. The van der Waals surface area contributed by atoms with Crippen LogP contribution in [0.3, 0.4) is 0 Å². The van der Waals surface area contributed by atoms with Crippen molar-refractivity contribution in [3.05, 3.63) is 71.3 Å². The lowest BCUT2D eigenvalue weighted by molar-refractivity contribution is -0.120. The molecule has 0 aromatic heterocycles. The van der Waals surface area contributed by atoms with Crippen LogP contribution in [-0.2, 0) is 17.6 Å². The topological polar surface area (TPSA) is 55.1 Å². The molecule has 2 aromatic rings. The first-order valence-corrected chi connectivity index (χ1v) is 6.91. The van der Waals surface area contributed by atoms with E-state index in [4.69, 9.17) is 5.73 Å². The fraction of sp³-hybridized carbons (Fsp3) is 0.235. The summed E-state index contributed by atoms with van der Waals surface area (Å²) < 4.78 is 0. The smallest absolute Gasteiger partial charge is 0.239 e. The van der Waals surface area contributed by atoms with Crippen LogP contribution >= 0.6 is 0 Å². The maximum absolute atomic E-state index is 11.7. The van der Waals surface area contributed by atoms with Gasteiger partial charge < -0.3 is 5.73 Å². The summed E-state index contributed by atoms with van der Waals surface area (Å²) >= 11 is 0. The Morgan fingerprint density at radius 3 is 2.10 bits per heavy atom. The van der Waals surface area contributed by atoms with Crippen molar-refractivity contribution in [1.29, 1.82) is 0 Å². The fourth-order valence-electron chi connectivity index (χ4n) is 2.90. The number of nitrogens with two attached hydrogens (primary N) is 1. The van der Waals surface area contributed by atoms with E-state index in [1.165, 1.54) is 11.1 Å². The number of carbonyl (C=O) groups excluding carboxylic acids is 1. The van der Waals surface area contributed by atoms with Crippen LogP contribution in [0.1, 0.15) is 22.7 Å². The van der Waals surface area contributed by atoms with E-state index in [9.17, 15) is 4.79 Å². The highest BCUT2D eigenvalue weighted by Gasteiger charge is 2.26. The van der Waals surface area contributed by atoms with Gasteiger partial charge in [-0.15, -0.1) is 0 Å². The molecular formula is C17H18N2O. The second kappa shape index (κ2) is 5.47. The van der Waals surface area contributed by atoms with Gasteiger partial charge in [0.05, 0.1) is 0 Å². The maximum Gasteiger partial charge on any atom is 0.239 e. The Balaban J connectivity index is 1.75. The number of hydrogen-bond donors (Lipinski definition) is 2. The number of primary amides is 1. The molecule has 0 radical (unpaired) electrons. The zero-order chi connectivity index (χ0) is 13.9. The van der Waals surface area contributed by atoms with E-state index < -0.39 is 6.04 Å². The van der Waals surface area contributed by atoms with Gasteiger partial charge in [-0.2, -0.15) is 0 Å². The van der Waals surface area contributed by atoms with Gasteiger partial charge in [0.2, 0.25) is 5.91 Å². The molecule has 1 aliphatic carbocycles. The number of amides is 1. The lowest BCUT2D eigenvalue weighted by Crippen LogP contribution is -2.40. The van der Waals surface area contributed by atoms with E-state index in [1.54, 1.807) is 0 Å². The van der Waals surface area contributed by atoms with E-state index in [0.29, 0.717) is 0 Å². The molecule has 2 aromatic carbocycles. The van der Waals surface area contributed by atoms with E-state index >= 15 is 0 Å². The number of carbonyl (C=O) groups is 1. The monoisotopic (exact) mass is 266 g/mol. The van der Waals surface area contributed by atoms with Crippen molar-refractivity contribution >= 4 is 5.91 Å². The number of fused-ring (bicyclic) bond motifs is 1. The Hall–Kier alpha value is -2.13. The van der Waals surface area contributed by atoms with Gasteiger partial charge >= 0.3 is 0 Å². The molecule has 3 heteroatoms. The molecule has 3 N–H and O–H groups in total. The summed E-state index contributed by atoms with van der Waals surface area (Å²) in [7, 11) is 0. The molecule has 1 aliphatic rings. The minimum Gasteiger partial charge on any atom is -0.368 e. The molecule has 1 unspecified atom stereocenters. The highest BCUT2D eigenvalue weighted by atomic mass is 16.1. The zero-order valence-corrected chi connectivity index (χ0v) is 11.3. The second-order valence-electron chi connectivity index (χ2n) is 5.29. The third kappa shape index (κ3) is 2.58. The molecular weight excluding hydrogens is 248 g/mol. The molecule has 102 valence electrons. The summed E-state index contributed by atoms with van der Waals surface area (Å²) in [6.07, 6.45) is 1.90. The van der Waals surface area contributed by atoms with Crippen molar-refractivity contribution in [3.8, 4) is 0 Å². The van der Waals surface area contributed by atoms with E-state index in [-0.39, 0.29) is 11.9 Å². The van der Waals surface area contributed by atoms with E-state index in [0.717, 1.165) is 18.4 Å². The van der Waals surface area contributed by atoms with Gasteiger partial charge in [-0.05, 0) is 29.5 Å². The van der Waals surface area contributed by atoms with Crippen LogP contribution in [0.15, 0.2) is 54.6 Å². The van der Waals surface area contributed by atoms with Crippen LogP contribution in [0.2, 0.25) is 0 Å². The average molecular weight is 266 g/mol. The van der Waals surface area contributed by atoms with Crippen LogP contribution < -0.4 is 11.1 Å². The summed E-state index contributed by atoms with van der Waals surface area (Å²) in [4.78, 5) is 11.7. The van der Waals surface area contributed by atoms with Crippen LogP contribution in [0.25, 0.3) is 0 Å². The van der Waals surface area contributed by atoms with Crippen LogP contribution in [0, 0.1) is 0 Å². The second-order valence-corrected chi connectivity index (χ2v) is 5.29. The van der Waals surface area contributed by atoms with Crippen LogP contribution in [0.5, 0.6) is 0 Å². The number of rotatable bonds is 4. The molecule has 20 heavy (non-hydrogen) atoms. The zero-order valence-electron chi connectivity index (χ0n) is 11.3. The SMILES string of the molecule is NC(=O)C(NC1Cc2ccccc2C1)c1ccccc1. The third-order valence-corrected chi connectivity index (χ3v) is 3.87. The van der Waals surface area contributed by atoms with Crippen LogP contribution in [-0.4, -0.2) is 11.9 Å². The van der Waals surface area contributed by atoms with Crippen molar-refractivity contribution < 1.29 is 4.79 Å². The largest absolute Gasteiger partial charge is 0.368 e. The summed E-state index contributed by atoms with van der Waals surface area (Å²) in [5, 5.41) is 3.40. The Bertz CT molecular complexity index is 584. The standard InChI is InChI=1S/C17H18N2O/c18-17(20)16(12-6-2-1-3-7-12)19-15-10-13-8-4-5-9-14(13)11-15/h1-9,15-16,19H,10-11H2,(H2,18,20). The fourth-order valence-corrected chi connectivity index (χ4v) is 2.90. The average Bonchev–Trinajstić information content (AvgIpc) is 2.88. The molecule has 0 bridgehead atoms. The minimum absolute atomic E-state index is 0.269. The number of nitrogens with one attached hydrogen (secondary N) is 1. The van der Waals surface area contributed by atoms with Gasteiger partial charge in [0.25, 0.3) is 0 Å². The Morgan fingerprint density at radius 1 is 1.00 bits per heavy atom. The molecule has 0 saturated heterocycles. The quantitative estimate of drug-likeness (QED) is 0.889. The molecule has 0 saturated carbocycles. The van der Waals surface area contributed by atoms with Crippen molar-refractivity contribution in [2.75, 3.05) is 0 Å². The number of benzene rings is 2. The van der Waals surface area contributed by atoms with Gasteiger partial charge in [-0.1, -0.05) is 54.6 Å². The third-order valence-electron chi connectivity index (χ3n) is 3.87. The predicted molar refractivity (Wildman–Crippen MR) is 79.2 cm³/mol. The highest BCUT2D eigenvalue weighted by Crippen LogP contribution is 2.24. The lowest BCUT2D eigenvalue weighted by Gasteiger charge is -2.20. The summed E-state index contributed by atoms with van der Waals surface area (Å²) in [5.41, 5.74) is 9.20. The molecule has 0 fully saturated rings. The summed E-state index contributed by atoms with van der Waals surface area (Å²) in [6, 6.07) is 17.9. The molecule has 3 nitrogen and oxygen atoms in total. The molecule has 0 spiro atoms.